The van der Waals surface area contributed by atoms with Gasteiger partial charge >= 0.3 is 0 Å². The van der Waals surface area contributed by atoms with Gasteiger partial charge in [-0.2, -0.15) is 0 Å². The lowest BCUT2D eigenvalue weighted by Crippen LogP contribution is -2.22. The zero-order chi connectivity index (χ0) is 21.6. The third-order valence-corrected chi connectivity index (χ3v) is 12.1. The summed E-state index contributed by atoms with van der Waals surface area (Å²) in [5, 5.41) is 3.43. The molecule has 0 bridgehead atoms. The van der Waals surface area contributed by atoms with Crippen molar-refractivity contribution in [1.82, 2.24) is 0 Å². The van der Waals surface area contributed by atoms with Crippen LogP contribution in [0, 0.1) is 0 Å². The van der Waals surface area contributed by atoms with Crippen LogP contribution in [0.15, 0.2) is 121 Å². The van der Waals surface area contributed by atoms with Gasteiger partial charge in [0.25, 0.3) is 0 Å². The first-order valence-corrected chi connectivity index (χ1v) is 14.3. The van der Waals surface area contributed by atoms with Crippen LogP contribution in [0.1, 0.15) is 6.42 Å². The normalized spacial score (nSPS) is 11.9. The van der Waals surface area contributed by atoms with Crippen molar-refractivity contribution < 1.29 is 9.13 Å². The summed E-state index contributed by atoms with van der Waals surface area (Å²) in [5.41, 5.74) is 0. The van der Waals surface area contributed by atoms with E-state index in [1.807, 2.05) is 121 Å². The summed E-state index contributed by atoms with van der Waals surface area (Å²) in [4.78, 5) is 0. The van der Waals surface area contributed by atoms with Gasteiger partial charge in [0.15, 0.2) is 0 Å². The lowest BCUT2D eigenvalue weighted by molar-refractivity contribution is 0.583. The van der Waals surface area contributed by atoms with Gasteiger partial charge < -0.3 is 9.13 Å². The minimum atomic E-state index is -2.81. The first kappa shape index (κ1) is 21.6. The molecule has 0 radical (unpaired) electrons. The van der Waals surface area contributed by atoms with Crippen LogP contribution in [0.4, 0.5) is 0 Å². The maximum atomic E-state index is 14.3. The SMILES string of the molecule is O=P(CCCP(=O)(c1ccccc1)c1ccccc1)(c1ccccc1)c1ccccc1. The number of benzene rings is 4. The molecule has 0 fully saturated rings. The average molecular weight is 444 g/mol. The Morgan fingerprint density at radius 1 is 0.387 bits per heavy atom. The van der Waals surface area contributed by atoms with Crippen molar-refractivity contribution in [3.05, 3.63) is 121 Å². The number of rotatable bonds is 8. The van der Waals surface area contributed by atoms with Crippen LogP contribution in [0.5, 0.6) is 0 Å². The van der Waals surface area contributed by atoms with E-state index in [0.29, 0.717) is 18.7 Å². The second-order valence-electron chi connectivity index (χ2n) is 7.62. The average Bonchev–Trinajstić information content (AvgIpc) is 2.86. The second-order valence-corrected chi connectivity index (χ2v) is 13.5. The van der Waals surface area contributed by atoms with E-state index in [1.54, 1.807) is 0 Å². The number of hydrogen-bond acceptors (Lipinski definition) is 2. The third-order valence-electron chi connectivity index (χ3n) is 5.64. The van der Waals surface area contributed by atoms with Crippen LogP contribution in [0.25, 0.3) is 0 Å². The molecule has 4 aromatic carbocycles. The molecule has 0 aromatic heterocycles. The predicted molar refractivity (Wildman–Crippen MR) is 134 cm³/mol. The maximum absolute atomic E-state index is 14.3. The standard InChI is InChI=1S/C27H26O2P2/c28-30(24-14-5-1-6-15-24,25-16-7-2-8-17-25)22-13-23-31(29,26-18-9-3-10-19-26)27-20-11-4-12-21-27/h1-12,14-21H,13,22-23H2. The summed E-state index contributed by atoms with van der Waals surface area (Å²) in [6.45, 7) is 0. The lowest BCUT2D eigenvalue weighted by atomic mass is 10.4. The van der Waals surface area contributed by atoms with Gasteiger partial charge in [0, 0.05) is 33.5 Å². The van der Waals surface area contributed by atoms with Gasteiger partial charge in [-0.15, -0.1) is 0 Å². The largest absolute Gasteiger partial charge is 0.314 e. The summed E-state index contributed by atoms with van der Waals surface area (Å²) in [6, 6.07) is 38.8. The van der Waals surface area contributed by atoms with Crippen LogP contribution in [-0.4, -0.2) is 12.3 Å². The van der Waals surface area contributed by atoms with E-state index in [9.17, 15) is 9.13 Å². The fourth-order valence-electron chi connectivity index (χ4n) is 4.01. The zero-order valence-corrected chi connectivity index (χ0v) is 19.2. The summed E-state index contributed by atoms with van der Waals surface area (Å²) in [6.07, 6.45) is 1.59. The Morgan fingerprint density at radius 2 is 0.613 bits per heavy atom. The van der Waals surface area contributed by atoms with Gasteiger partial charge in [0.1, 0.15) is 14.3 Å². The Bertz CT molecular complexity index is 1010. The molecule has 0 N–H and O–H groups in total. The van der Waals surface area contributed by atoms with Crippen molar-refractivity contribution in [3.8, 4) is 0 Å². The fraction of sp³-hybridized carbons (Fsp3) is 0.111. The van der Waals surface area contributed by atoms with Crippen LogP contribution < -0.4 is 21.2 Å². The maximum Gasteiger partial charge on any atom is 0.143 e. The highest BCUT2D eigenvalue weighted by atomic mass is 31.2. The molecule has 0 aliphatic carbocycles. The zero-order valence-electron chi connectivity index (χ0n) is 17.4. The predicted octanol–water partition coefficient (Wildman–Crippen LogP) is 5.40. The van der Waals surface area contributed by atoms with Gasteiger partial charge in [0.05, 0.1) is 0 Å². The second kappa shape index (κ2) is 9.65. The molecule has 0 atom stereocenters. The molecule has 0 spiro atoms. The molecular weight excluding hydrogens is 418 g/mol. The Hall–Kier alpha value is -2.66. The van der Waals surface area contributed by atoms with Crippen LogP contribution in [0.3, 0.4) is 0 Å². The first-order valence-electron chi connectivity index (χ1n) is 10.5. The van der Waals surface area contributed by atoms with Gasteiger partial charge in [-0.25, -0.2) is 0 Å². The molecule has 0 aliphatic rings. The molecule has 4 heteroatoms. The minimum Gasteiger partial charge on any atom is -0.314 e. The fourth-order valence-corrected chi connectivity index (χ4v) is 9.71. The lowest BCUT2D eigenvalue weighted by Gasteiger charge is -2.23. The summed E-state index contributed by atoms with van der Waals surface area (Å²) in [5.74, 6) is 0. The van der Waals surface area contributed by atoms with E-state index in [0.717, 1.165) is 21.2 Å². The van der Waals surface area contributed by atoms with E-state index in [-0.39, 0.29) is 0 Å². The van der Waals surface area contributed by atoms with Crippen molar-refractivity contribution in [1.29, 1.82) is 0 Å². The number of hydrogen-bond donors (Lipinski definition) is 0. The first-order chi connectivity index (χ1) is 15.1. The van der Waals surface area contributed by atoms with E-state index in [4.69, 9.17) is 0 Å². The van der Waals surface area contributed by atoms with Gasteiger partial charge in [-0.3, -0.25) is 0 Å². The minimum absolute atomic E-state index is 0.491. The Kier molecular flexibility index (Phi) is 6.71. The summed E-state index contributed by atoms with van der Waals surface area (Å²) < 4.78 is 28.6. The van der Waals surface area contributed by atoms with Crippen LogP contribution >= 0.6 is 14.3 Å². The van der Waals surface area contributed by atoms with Crippen molar-refractivity contribution in [3.63, 3.8) is 0 Å². The molecule has 0 amide bonds. The quantitative estimate of drug-likeness (QED) is 0.341. The molecule has 0 aliphatic heterocycles. The van der Waals surface area contributed by atoms with Gasteiger partial charge in [-0.05, 0) is 6.42 Å². The Labute approximate surface area is 184 Å². The highest BCUT2D eigenvalue weighted by Crippen LogP contribution is 2.48. The molecule has 0 saturated carbocycles. The van der Waals surface area contributed by atoms with Crippen molar-refractivity contribution >= 4 is 35.5 Å². The molecule has 0 saturated heterocycles. The smallest absolute Gasteiger partial charge is 0.143 e. The molecule has 4 rings (SSSR count). The highest BCUT2D eigenvalue weighted by molar-refractivity contribution is 7.79. The summed E-state index contributed by atoms with van der Waals surface area (Å²) in [7, 11) is -5.63. The molecule has 0 unspecified atom stereocenters. The molecule has 156 valence electrons. The Morgan fingerprint density at radius 3 is 0.839 bits per heavy atom. The van der Waals surface area contributed by atoms with E-state index in [1.165, 1.54) is 0 Å². The molecular formula is C27H26O2P2. The van der Waals surface area contributed by atoms with Crippen LogP contribution in [0.2, 0.25) is 0 Å². The molecule has 2 nitrogen and oxygen atoms in total. The van der Waals surface area contributed by atoms with Crippen molar-refractivity contribution in [2.24, 2.45) is 0 Å². The monoisotopic (exact) mass is 444 g/mol. The Balaban J connectivity index is 1.66. The molecule has 31 heavy (non-hydrogen) atoms. The van der Waals surface area contributed by atoms with E-state index >= 15 is 0 Å². The van der Waals surface area contributed by atoms with E-state index < -0.39 is 14.3 Å². The van der Waals surface area contributed by atoms with E-state index in [2.05, 4.69) is 0 Å². The van der Waals surface area contributed by atoms with Crippen molar-refractivity contribution in [2.45, 2.75) is 6.42 Å². The van der Waals surface area contributed by atoms with Crippen molar-refractivity contribution in [2.75, 3.05) is 12.3 Å². The molecule has 0 heterocycles. The topological polar surface area (TPSA) is 34.1 Å². The van der Waals surface area contributed by atoms with Crippen LogP contribution in [-0.2, 0) is 9.13 Å². The van der Waals surface area contributed by atoms with Gasteiger partial charge in [-0.1, -0.05) is 121 Å². The highest BCUT2D eigenvalue weighted by Gasteiger charge is 2.31. The third kappa shape index (κ3) is 4.67. The van der Waals surface area contributed by atoms with Gasteiger partial charge in [0.2, 0.25) is 0 Å². The molecule has 4 aromatic rings. The summed E-state index contributed by atoms with van der Waals surface area (Å²) >= 11 is 0.